The molecule has 0 bridgehead atoms. The van der Waals surface area contributed by atoms with Gasteiger partial charge < -0.3 is 10.4 Å². The summed E-state index contributed by atoms with van der Waals surface area (Å²) in [6.45, 7) is 9.26. The fraction of sp³-hybridized carbons (Fsp3) is 0.636. The summed E-state index contributed by atoms with van der Waals surface area (Å²) >= 11 is 0. The molecule has 0 aromatic rings. The number of carboxylic acid groups (broad SMARTS) is 1. The van der Waals surface area contributed by atoms with E-state index in [2.05, 4.69) is 5.32 Å². The van der Waals surface area contributed by atoms with Crippen molar-refractivity contribution >= 4 is 11.9 Å². The lowest BCUT2D eigenvalue weighted by molar-refractivity contribution is -0.140. The zero-order chi connectivity index (χ0) is 12.2. The molecule has 0 spiro atoms. The van der Waals surface area contributed by atoms with Crippen molar-refractivity contribution < 1.29 is 14.7 Å². The topological polar surface area (TPSA) is 66.4 Å². The Balaban J connectivity index is 4.44. The molecule has 0 fully saturated rings. The van der Waals surface area contributed by atoms with Gasteiger partial charge in [-0.1, -0.05) is 26.3 Å². The van der Waals surface area contributed by atoms with Crippen LogP contribution in [0.5, 0.6) is 0 Å². The number of carbonyl (C=O) groups excluding carboxylic acids is 1. The van der Waals surface area contributed by atoms with E-state index in [-0.39, 0.29) is 11.3 Å². The van der Waals surface area contributed by atoms with Crippen LogP contribution in [0.3, 0.4) is 0 Å². The molecule has 0 unspecified atom stereocenters. The number of rotatable bonds is 3. The van der Waals surface area contributed by atoms with Crippen LogP contribution < -0.4 is 5.32 Å². The molecule has 15 heavy (non-hydrogen) atoms. The number of carbonyl (C=O) groups is 2. The molecule has 0 saturated carbocycles. The lowest BCUT2D eigenvalue weighted by Gasteiger charge is -2.19. The molecule has 4 heteroatoms. The van der Waals surface area contributed by atoms with Crippen LogP contribution in [0.2, 0.25) is 0 Å². The van der Waals surface area contributed by atoms with E-state index >= 15 is 0 Å². The van der Waals surface area contributed by atoms with Crippen molar-refractivity contribution in [3.8, 4) is 0 Å². The highest BCUT2D eigenvalue weighted by Crippen LogP contribution is 2.23. The number of allylic oxidation sites excluding steroid dienone is 1. The maximum absolute atomic E-state index is 11.4. The second-order valence-corrected chi connectivity index (χ2v) is 4.65. The largest absolute Gasteiger partial charge is 0.480 e. The van der Waals surface area contributed by atoms with E-state index in [1.165, 1.54) is 13.0 Å². The molecular formula is C11H19NO3. The van der Waals surface area contributed by atoms with E-state index in [4.69, 9.17) is 5.11 Å². The number of carboxylic acids is 1. The standard InChI is InChI=1S/C11H19NO3/c1-7(11(3,4)5)6-9(13)12-8(2)10(14)15/h6,8H,1-5H3,(H,12,13)(H,14,15)/b7-6-/t8-/m1/s1. The summed E-state index contributed by atoms with van der Waals surface area (Å²) in [6.07, 6.45) is 1.44. The first-order valence-electron chi connectivity index (χ1n) is 4.86. The lowest BCUT2D eigenvalue weighted by Crippen LogP contribution is -2.37. The molecule has 1 amide bonds. The molecule has 2 N–H and O–H groups in total. The maximum Gasteiger partial charge on any atom is 0.325 e. The highest BCUT2D eigenvalue weighted by atomic mass is 16.4. The van der Waals surface area contributed by atoms with Crippen molar-refractivity contribution in [3.63, 3.8) is 0 Å². The molecule has 0 saturated heterocycles. The molecule has 0 aromatic heterocycles. The normalized spacial score (nSPS) is 14.6. The summed E-state index contributed by atoms with van der Waals surface area (Å²) in [5.74, 6) is -1.40. The van der Waals surface area contributed by atoms with E-state index in [0.717, 1.165) is 5.57 Å². The Bertz CT molecular complexity index is 287. The zero-order valence-electron chi connectivity index (χ0n) is 9.92. The molecule has 0 aromatic carbocycles. The van der Waals surface area contributed by atoms with E-state index in [1.807, 2.05) is 27.7 Å². The maximum atomic E-state index is 11.4. The van der Waals surface area contributed by atoms with E-state index in [1.54, 1.807) is 0 Å². The number of aliphatic carboxylic acids is 1. The summed E-state index contributed by atoms with van der Waals surface area (Å²) < 4.78 is 0. The first-order chi connectivity index (χ1) is 6.64. The van der Waals surface area contributed by atoms with Crippen LogP contribution in [0.15, 0.2) is 11.6 Å². The number of hydrogen-bond donors (Lipinski definition) is 2. The van der Waals surface area contributed by atoms with Gasteiger partial charge in [-0.2, -0.15) is 0 Å². The first-order valence-corrected chi connectivity index (χ1v) is 4.86. The third kappa shape index (κ3) is 5.20. The number of hydrogen-bond acceptors (Lipinski definition) is 2. The van der Waals surface area contributed by atoms with Crippen LogP contribution in [0.25, 0.3) is 0 Å². The molecule has 0 aliphatic carbocycles. The summed E-state index contributed by atoms with van der Waals surface area (Å²) in [6, 6.07) is -0.860. The molecular weight excluding hydrogens is 194 g/mol. The summed E-state index contributed by atoms with van der Waals surface area (Å²) in [5.41, 5.74) is 0.835. The Labute approximate surface area is 90.4 Å². The fourth-order valence-corrected chi connectivity index (χ4v) is 0.730. The summed E-state index contributed by atoms with van der Waals surface area (Å²) in [4.78, 5) is 21.8. The quantitative estimate of drug-likeness (QED) is 0.699. The SMILES string of the molecule is C/C(=C/C(=O)N[C@H](C)C(=O)O)C(C)(C)C. The minimum atomic E-state index is -1.04. The average molecular weight is 213 g/mol. The molecule has 0 heterocycles. The Morgan fingerprint density at radius 1 is 1.33 bits per heavy atom. The van der Waals surface area contributed by atoms with Crippen LogP contribution in [0.4, 0.5) is 0 Å². The van der Waals surface area contributed by atoms with Crippen molar-refractivity contribution in [2.45, 2.75) is 40.7 Å². The molecule has 86 valence electrons. The Hall–Kier alpha value is -1.32. The Morgan fingerprint density at radius 2 is 1.80 bits per heavy atom. The van der Waals surface area contributed by atoms with Gasteiger partial charge in [0.2, 0.25) is 5.91 Å². The van der Waals surface area contributed by atoms with E-state index in [9.17, 15) is 9.59 Å². The third-order valence-electron chi connectivity index (χ3n) is 2.26. The highest BCUT2D eigenvalue weighted by Gasteiger charge is 2.16. The van der Waals surface area contributed by atoms with Gasteiger partial charge in [-0.25, -0.2) is 0 Å². The van der Waals surface area contributed by atoms with Gasteiger partial charge in [0, 0.05) is 6.08 Å². The average Bonchev–Trinajstić information content (AvgIpc) is 2.01. The summed E-state index contributed by atoms with van der Waals surface area (Å²) in [5, 5.41) is 11.0. The van der Waals surface area contributed by atoms with Gasteiger partial charge in [0.25, 0.3) is 0 Å². The molecule has 0 aliphatic rings. The van der Waals surface area contributed by atoms with Crippen molar-refractivity contribution in [1.82, 2.24) is 5.32 Å². The molecule has 0 radical (unpaired) electrons. The molecule has 0 aliphatic heterocycles. The van der Waals surface area contributed by atoms with Gasteiger partial charge in [-0.3, -0.25) is 9.59 Å². The molecule has 0 rings (SSSR count). The van der Waals surface area contributed by atoms with Gasteiger partial charge in [-0.15, -0.1) is 0 Å². The van der Waals surface area contributed by atoms with Crippen molar-refractivity contribution in [2.75, 3.05) is 0 Å². The van der Waals surface area contributed by atoms with Crippen LogP contribution in [0, 0.1) is 5.41 Å². The van der Waals surface area contributed by atoms with Gasteiger partial charge in [0.05, 0.1) is 0 Å². The van der Waals surface area contributed by atoms with E-state index < -0.39 is 12.0 Å². The third-order valence-corrected chi connectivity index (χ3v) is 2.26. The van der Waals surface area contributed by atoms with Crippen LogP contribution in [-0.4, -0.2) is 23.0 Å². The van der Waals surface area contributed by atoms with Gasteiger partial charge >= 0.3 is 5.97 Å². The van der Waals surface area contributed by atoms with E-state index in [0.29, 0.717) is 0 Å². The Kier molecular flexibility index (Phi) is 4.52. The minimum Gasteiger partial charge on any atom is -0.480 e. The monoisotopic (exact) mass is 213 g/mol. The van der Waals surface area contributed by atoms with Crippen molar-refractivity contribution in [2.24, 2.45) is 5.41 Å². The van der Waals surface area contributed by atoms with Crippen LogP contribution in [-0.2, 0) is 9.59 Å². The second kappa shape index (κ2) is 4.96. The van der Waals surface area contributed by atoms with Crippen LogP contribution >= 0.6 is 0 Å². The smallest absolute Gasteiger partial charge is 0.325 e. The highest BCUT2D eigenvalue weighted by molar-refractivity contribution is 5.91. The predicted molar refractivity (Wildman–Crippen MR) is 58.5 cm³/mol. The number of nitrogens with one attached hydrogen (secondary N) is 1. The molecule has 1 atom stereocenters. The van der Waals surface area contributed by atoms with Crippen LogP contribution in [0.1, 0.15) is 34.6 Å². The number of amides is 1. The minimum absolute atomic E-state index is 0.0796. The first kappa shape index (κ1) is 13.7. The summed E-state index contributed by atoms with van der Waals surface area (Å²) in [7, 11) is 0. The second-order valence-electron chi connectivity index (χ2n) is 4.65. The predicted octanol–water partition coefficient (Wildman–Crippen LogP) is 1.57. The van der Waals surface area contributed by atoms with Gasteiger partial charge in [-0.05, 0) is 19.3 Å². The fourth-order valence-electron chi connectivity index (χ4n) is 0.730. The van der Waals surface area contributed by atoms with Gasteiger partial charge in [0.1, 0.15) is 6.04 Å². The van der Waals surface area contributed by atoms with Gasteiger partial charge in [0.15, 0.2) is 0 Å². The van der Waals surface area contributed by atoms with Crippen molar-refractivity contribution in [1.29, 1.82) is 0 Å². The Morgan fingerprint density at radius 3 is 2.13 bits per heavy atom. The van der Waals surface area contributed by atoms with Crippen molar-refractivity contribution in [3.05, 3.63) is 11.6 Å². The molecule has 4 nitrogen and oxygen atoms in total. The lowest BCUT2D eigenvalue weighted by atomic mass is 9.87. The zero-order valence-corrected chi connectivity index (χ0v) is 9.92.